The van der Waals surface area contributed by atoms with Gasteiger partial charge in [-0.05, 0) is 43.9 Å². The van der Waals surface area contributed by atoms with Gasteiger partial charge in [-0.3, -0.25) is 9.59 Å². The highest BCUT2D eigenvalue weighted by Crippen LogP contribution is 2.22. The molecule has 1 aliphatic rings. The Morgan fingerprint density at radius 1 is 1.25 bits per heavy atom. The molecule has 8 heteroatoms. The number of nitrogens with zero attached hydrogens (tertiary/aromatic N) is 4. The van der Waals surface area contributed by atoms with Gasteiger partial charge in [-0.15, -0.1) is 11.3 Å². The van der Waals surface area contributed by atoms with Crippen LogP contribution in [0.25, 0.3) is 10.2 Å². The quantitative estimate of drug-likeness (QED) is 0.717. The summed E-state index contributed by atoms with van der Waals surface area (Å²) in [6.07, 6.45) is 5.30. The van der Waals surface area contributed by atoms with Crippen molar-refractivity contribution in [3.63, 3.8) is 0 Å². The van der Waals surface area contributed by atoms with Crippen molar-refractivity contribution in [1.29, 1.82) is 0 Å². The minimum Gasteiger partial charge on any atom is -0.354 e. The minimum absolute atomic E-state index is 0.00354. The van der Waals surface area contributed by atoms with E-state index in [1.54, 1.807) is 23.0 Å². The van der Waals surface area contributed by atoms with Crippen LogP contribution in [-0.2, 0) is 11.3 Å². The molecule has 7 nitrogen and oxygen atoms in total. The number of hydrogen-bond acceptors (Lipinski definition) is 5. The minimum atomic E-state index is -0.00354. The summed E-state index contributed by atoms with van der Waals surface area (Å²) in [5, 5.41) is 3.01. The molecule has 1 aliphatic heterocycles. The number of piperidine rings is 1. The highest BCUT2D eigenvalue weighted by molar-refractivity contribution is 7.16. The van der Waals surface area contributed by atoms with Crippen LogP contribution in [0, 0.1) is 12.8 Å². The summed E-state index contributed by atoms with van der Waals surface area (Å²) in [6.45, 7) is 4.26. The lowest BCUT2D eigenvalue weighted by molar-refractivity contribution is -0.121. The molecule has 3 aromatic rings. The number of imidazole rings is 1. The molecule has 2 aromatic heterocycles. The van der Waals surface area contributed by atoms with Crippen LogP contribution in [0.2, 0.25) is 0 Å². The highest BCUT2D eigenvalue weighted by Gasteiger charge is 2.24. The molecule has 3 heterocycles. The van der Waals surface area contributed by atoms with Gasteiger partial charge in [-0.2, -0.15) is 0 Å². The molecule has 146 valence electrons. The molecule has 0 bridgehead atoms. The molecule has 1 saturated heterocycles. The molecule has 1 fully saturated rings. The summed E-state index contributed by atoms with van der Waals surface area (Å²) in [6, 6.07) is 5.72. The van der Waals surface area contributed by atoms with Crippen LogP contribution in [0.1, 0.15) is 29.0 Å². The molecule has 1 aromatic carbocycles. The highest BCUT2D eigenvalue weighted by atomic mass is 32.1. The summed E-state index contributed by atoms with van der Waals surface area (Å²) in [7, 11) is 0. The number of aromatic nitrogens is 3. The molecule has 2 amide bonds. The Kier molecular flexibility index (Phi) is 5.38. The first-order chi connectivity index (χ1) is 13.6. The lowest BCUT2D eigenvalue weighted by atomic mass is 9.96. The second-order valence-electron chi connectivity index (χ2n) is 7.18. The third kappa shape index (κ3) is 4.06. The van der Waals surface area contributed by atoms with Gasteiger partial charge in [0.05, 0.1) is 15.7 Å². The Morgan fingerprint density at radius 3 is 2.82 bits per heavy atom. The van der Waals surface area contributed by atoms with E-state index >= 15 is 0 Å². The summed E-state index contributed by atoms with van der Waals surface area (Å²) >= 11 is 1.58. The first-order valence-electron chi connectivity index (χ1n) is 9.47. The van der Waals surface area contributed by atoms with Gasteiger partial charge in [0.2, 0.25) is 5.91 Å². The first kappa shape index (κ1) is 18.6. The number of amides is 2. The Hall–Kier alpha value is -2.74. The van der Waals surface area contributed by atoms with Gasteiger partial charge in [0.1, 0.15) is 12.4 Å². The van der Waals surface area contributed by atoms with Crippen molar-refractivity contribution in [2.24, 2.45) is 5.92 Å². The number of carbonyl (C=O) groups is 2. The molecule has 0 aliphatic carbocycles. The molecule has 0 unspecified atom stereocenters. The Bertz CT molecular complexity index is 987. The van der Waals surface area contributed by atoms with Crippen molar-refractivity contribution in [3.05, 3.63) is 47.5 Å². The van der Waals surface area contributed by atoms with E-state index in [9.17, 15) is 9.59 Å². The van der Waals surface area contributed by atoms with E-state index in [0.29, 0.717) is 24.6 Å². The monoisotopic (exact) mass is 397 g/mol. The van der Waals surface area contributed by atoms with E-state index in [0.717, 1.165) is 42.0 Å². The zero-order chi connectivity index (χ0) is 19.5. The third-order valence-electron chi connectivity index (χ3n) is 5.30. The fraction of sp³-hybridized carbons (Fsp3) is 0.400. The summed E-state index contributed by atoms with van der Waals surface area (Å²) in [5.41, 5.74) is 3.37. The second kappa shape index (κ2) is 8.10. The SMILES string of the molecule is Cc1nccn1CC(=O)NCC1CCN(C(=O)c2ccc3scnc3c2)CC1. The van der Waals surface area contributed by atoms with Gasteiger partial charge in [0, 0.05) is 37.6 Å². The number of benzene rings is 1. The molecule has 28 heavy (non-hydrogen) atoms. The van der Waals surface area contributed by atoms with E-state index in [-0.39, 0.29) is 11.8 Å². The molecular weight excluding hydrogens is 374 g/mol. The number of rotatable bonds is 5. The Labute approximate surface area is 167 Å². The number of likely N-dealkylation sites (tertiary alicyclic amines) is 1. The summed E-state index contributed by atoms with van der Waals surface area (Å²) < 4.78 is 2.92. The van der Waals surface area contributed by atoms with Gasteiger partial charge in [-0.1, -0.05) is 0 Å². The van der Waals surface area contributed by atoms with E-state index in [2.05, 4.69) is 15.3 Å². The van der Waals surface area contributed by atoms with E-state index in [1.807, 2.05) is 40.8 Å². The molecule has 4 rings (SSSR count). The van der Waals surface area contributed by atoms with Crippen molar-refractivity contribution < 1.29 is 9.59 Å². The van der Waals surface area contributed by atoms with Crippen LogP contribution in [0.3, 0.4) is 0 Å². The predicted molar refractivity (Wildman–Crippen MR) is 108 cm³/mol. The van der Waals surface area contributed by atoms with Crippen molar-refractivity contribution >= 4 is 33.4 Å². The van der Waals surface area contributed by atoms with Crippen LogP contribution in [0.5, 0.6) is 0 Å². The summed E-state index contributed by atoms with van der Waals surface area (Å²) in [5.74, 6) is 1.29. The average Bonchev–Trinajstić information content (AvgIpc) is 3.34. The zero-order valence-electron chi connectivity index (χ0n) is 15.8. The number of thiazole rings is 1. The fourth-order valence-electron chi connectivity index (χ4n) is 3.55. The molecule has 0 spiro atoms. The maximum atomic E-state index is 12.8. The maximum Gasteiger partial charge on any atom is 0.253 e. The smallest absolute Gasteiger partial charge is 0.253 e. The first-order valence-corrected chi connectivity index (χ1v) is 10.3. The number of nitrogens with one attached hydrogen (secondary N) is 1. The molecule has 0 atom stereocenters. The van der Waals surface area contributed by atoms with Crippen molar-refractivity contribution in [3.8, 4) is 0 Å². The normalized spacial score (nSPS) is 15.1. The van der Waals surface area contributed by atoms with Gasteiger partial charge < -0.3 is 14.8 Å². The van der Waals surface area contributed by atoms with Crippen molar-refractivity contribution in [2.75, 3.05) is 19.6 Å². The topological polar surface area (TPSA) is 80.1 Å². The average molecular weight is 398 g/mol. The number of fused-ring (bicyclic) bond motifs is 1. The van der Waals surface area contributed by atoms with Crippen LogP contribution in [-0.4, -0.2) is 50.9 Å². The second-order valence-corrected chi connectivity index (χ2v) is 8.06. The lowest BCUT2D eigenvalue weighted by Crippen LogP contribution is -2.42. The number of hydrogen-bond donors (Lipinski definition) is 1. The van der Waals surface area contributed by atoms with E-state index in [1.165, 1.54) is 0 Å². The Balaban J connectivity index is 1.25. The van der Waals surface area contributed by atoms with Gasteiger partial charge in [0.15, 0.2) is 0 Å². The largest absolute Gasteiger partial charge is 0.354 e. The fourth-order valence-corrected chi connectivity index (χ4v) is 4.21. The third-order valence-corrected chi connectivity index (χ3v) is 6.11. The lowest BCUT2D eigenvalue weighted by Gasteiger charge is -2.32. The number of carbonyl (C=O) groups excluding carboxylic acids is 2. The maximum absolute atomic E-state index is 12.8. The van der Waals surface area contributed by atoms with E-state index < -0.39 is 0 Å². The molecule has 0 radical (unpaired) electrons. The summed E-state index contributed by atoms with van der Waals surface area (Å²) in [4.78, 5) is 35.2. The standard InChI is InChI=1S/C20H23N5O2S/c1-14-21-6-9-25(14)12-19(26)22-11-15-4-7-24(8-5-15)20(27)16-2-3-18-17(10-16)23-13-28-18/h2-3,6,9-10,13,15H,4-5,7-8,11-12H2,1H3,(H,22,26). The van der Waals surface area contributed by atoms with Crippen LogP contribution >= 0.6 is 11.3 Å². The Morgan fingerprint density at radius 2 is 2.07 bits per heavy atom. The van der Waals surface area contributed by atoms with Gasteiger partial charge in [0.25, 0.3) is 5.91 Å². The van der Waals surface area contributed by atoms with Crippen LogP contribution in [0.15, 0.2) is 36.1 Å². The van der Waals surface area contributed by atoms with Crippen LogP contribution < -0.4 is 5.32 Å². The molecule has 0 saturated carbocycles. The predicted octanol–water partition coefficient (Wildman–Crippen LogP) is 2.47. The van der Waals surface area contributed by atoms with Crippen LogP contribution in [0.4, 0.5) is 0 Å². The van der Waals surface area contributed by atoms with Gasteiger partial charge in [-0.25, -0.2) is 9.97 Å². The van der Waals surface area contributed by atoms with Crippen molar-refractivity contribution in [2.45, 2.75) is 26.3 Å². The number of aryl methyl sites for hydroxylation is 1. The van der Waals surface area contributed by atoms with Crippen molar-refractivity contribution in [1.82, 2.24) is 24.8 Å². The zero-order valence-corrected chi connectivity index (χ0v) is 16.6. The molecular formula is C20H23N5O2S. The van der Waals surface area contributed by atoms with Gasteiger partial charge >= 0.3 is 0 Å². The molecule has 1 N–H and O–H groups in total. The van der Waals surface area contributed by atoms with E-state index in [4.69, 9.17) is 0 Å².